The second-order valence-corrected chi connectivity index (χ2v) is 7.05. The Morgan fingerprint density at radius 2 is 1.55 bits per heavy atom. The smallest absolute Gasteiger partial charge is 0.00871 e. The van der Waals surface area contributed by atoms with Crippen LogP contribution >= 0.6 is 11.3 Å². The molecule has 1 aromatic rings. The Labute approximate surface area is 130 Å². The molecule has 0 aliphatic carbocycles. The van der Waals surface area contributed by atoms with E-state index in [1.165, 1.54) is 75.5 Å². The lowest BCUT2D eigenvalue weighted by Crippen LogP contribution is -2.22. The van der Waals surface area contributed by atoms with Crippen molar-refractivity contribution in [1.82, 2.24) is 0 Å². The van der Waals surface area contributed by atoms with Gasteiger partial charge in [0.1, 0.15) is 0 Å². The van der Waals surface area contributed by atoms with Gasteiger partial charge in [-0.2, -0.15) is 0 Å². The Morgan fingerprint density at radius 1 is 0.950 bits per heavy atom. The van der Waals surface area contributed by atoms with Gasteiger partial charge in [-0.05, 0) is 24.3 Å². The quantitative estimate of drug-likeness (QED) is 0.448. The van der Waals surface area contributed by atoms with Crippen LogP contribution in [0.5, 0.6) is 0 Å². The third-order valence-electron chi connectivity index (χ3n) is 3.97. The molecule has 1 rings (SSSR count). The van der Waals surface area contributed by atoms with Gasteiger partial charge in [0.2, 0.25) is 0 Å². The van der Waals surface area contributed by atoms with Crippen molar-refractivity contribution in [3.63, 3.8) is 0 Å². The van der Waals surface area contributed by atoms with Gasteiger partial charge in [-0.3, -0.25) is 0 Å². The van der Waals surface area contributed by atoms with Gasteiger partial charge in [-0.25, -0.2) is 0 Å². The van der Waals surface area contributed by atoms with Gasteiger partial charge in [0.25, 0.3) is 0 Å². The molecule has 0 amide bonds. The standard InChI is InChI=1S/C18H33NS/c1-2-3-4-5-6-7-8-9-10-11-13-17(19)16-18-14-12-15-20-18/h12,14-15,17H,2-11,13,16,19H2,1H3. The van der Waals surface area contributed by atoms with Crippen LogP contribution in [0.3, 0.4) is 0 Å². The van der Waals surface area contributed by atoms with Crippen LogP contribution in [0.2, 0.25) is 0 Å². The van der Waals surface area contributed by atoms with Crippen LogP contribution in [-0.2, 0) is 6.42 Å². The van der Waals surface area contributed by atoms with Gasteiger partial charge in [0.15, 0.2) is 0 Å². The Kier molecular flexibility index (Phi) is 11.0. The number of rotatable bonds is 13. The summed E-state index contributed by atoms with van der Waals surface area (Å²) in [6.07, 6.45) is 16.3. The highest BCUT2D eigenvalue weighted by Crippen LogP contribution is 2.15. The first-order valence-electron chi connectivity index (χ1n) is 8.61. The van der Waals surface area contributed by atoms with Crippen molar-refractivity contribution in [2.45, 2.75) is 90.0 Å². The lowest BCUT2D eigenvalue weighted by atomic mass is 10.0. The van der Waals surface area contributed by atoms with Crippen molar-refractivity contribution in [2.75, 3.05) is 0 Å². The molecular formula is C18H33NS. The molecule has 0 aliphatic rings. The highest BCUT2D eigenvalue weighted by atomic mass is 32.1. The molecule has 0 bridgehead atoms. The average Bonchev–Trinajstić information content (AvgIpc) is 2.93. The van der Waals surface area contributed by atoms with Crippen LogP contribution in [0.1, 0.15) is 82.4 Å². The third kappa shape index (κ3) is 9.55. The van der Waals surface area contributed by atoms with Gasteiger partial charge in [-0.15, -0.1) is 11.3 Å². The highest BCUT2D eigenvalue weighted by molar-refractivity contribution is 7.09. The fourth-order valence-corrected chi connectivity index (χ4v) is 3.48. The number of hydrogen-bond donors (Lipinski definition) is 1. The largest absolute Gasteiger partial charge is 0.327 e. The molecule has 1 nitrogen and oxygen atoms in total. The fourth-order valence-electron chi connectivity index (χ4n) is 2.68. The molecule has 0 saturated heterocycles. The van der Waals surface area contributed by atoms with E-state index in [-0.39, 0.29) is 0 Å². The van der Waals surface area contributed by atoms with Crippen LogP contribution in [0, 0.1) is 0 Å². The predicted molar refractivity (Wildman–Crippen MR) is 92.5 cm³/mol. The first-order valence-corrected chi connectivity index (χ1v) is 9.49. The lowest BCUT2D eigenvalue weighted by Gasteiger charge is -2.10. The molecule has 0 aromatic carbocycles. The van der Waals surface area contributed by atoms with Gasteiger partial charge < -0.3 is 5.73 Å². The molecule has 2 heteroatoms. The van der Waals surface area contributed by atoms with Crippen molar-refractivity contribution < 1.29 is 0 Å². The fraction of sp³-hybridized carbons (Fsp3) is 0.778. The molecule has 1 aromatic heterocycles. The molecule has 1 unspecified atom stereocenters. The summed E-state index contributed by atoms with van der Waals surface area (Å²) >= 11 is 1.83. The van der Waals surface area contributed by atoms with E-state index in [0.29, 0.717) is 6.04 Å². The van der Waals surface area contributed by atoms with Crippen LogP contribution in [0.15, 0.2) is 17.5 Å². The average molecular weight is 296 g/mol. The Balaban J connectivity index is 1.82. The third-order valence-corrected chi connectivity index (χ3v) is 4.87. The summed E-state index contributed by atoms with van der Waals surface area (Å²) in [6, 6.07) is 4.68. The zero-order valence-corrected chi connectivity index (χ0v) is 14.1. The molecule has 20 heavy (non-hydrogen) atoms. The van der Waals surface area contributed by atoms with E-state index in [1.54, 1.807) is 0 Å². The van der Waals surface area contributed by atoms with Crippen molar-refractivity contribution >= 4 is 11.3 Å². The molecular weight excluding hydrogens is 262 g/mol. The second-order valence-electron chi connectivity index (χ2n) is 6.01. The molecule has 0 radical (unpaired) electrons. The first kappa shape index (κ1) is 17.7. The van der Waals surface area contributed by atoms with E-state index in [4.69, 9.17) is 5.73 Å². The highest BCUT2D eigenvalue weighted by Gasteiger charge is 2.04. The van der Waals surface area contributed by atoms with E-state index in [2.05, 4.69) is 24.4 Å². The molecule has 0 aliphatic heterocycles. The van der Waals surface area contributed by atoms with Crippen LogP contribution in [0.4, 0.5) is 0 Å². The zero-order chi connectivity index (χ0) is 14.5. The van der Waals surface area contributed by atoms with Crippen molar-refractivity contribution in [3.8, 4) is 0 Å². The van der Waals surface area contributed by atoms with Crippen LogP contribution in [-0.4, -0.2) is 6.04 Å². The second kappa shape index (κ2) is 12.4. The maximum atomic E-state index is 6.18. The summed E-state index contributed by atoms with van der Waals surface area (Å²) in [5.74, 6) is 0. The molecule has 0 spiro atoms. The van der Waals surface area contributed by atoms with Crippen molar-refractivity contribution in [3.05, 3.63) is 22.4 Å². The molecule has 2 N–H and O–H groups in total. The SMILES string of the molecule is CCCCCCCCCCCCC(N)Cc1cccs1. The van der Waals surface area contributed by atoms with Gasteiger partial charge in [-0.1, -0.05) is 77.2 Å². The molecule has 0 fully saturated rings. The van der Waals surface area contributed by atoms with Crippen molar-refractivity contribution in [2.24, 2.45) is 5.73 Å². The van der Waals surface area contributed by atoms with Gasteiger partial charge >= 0.3 is 0 Å². The molecule has 116 valence electrons. The van der Waals surface area contributed by atoms with E-state index in [9.17, 15) is 0 Å². The van der Waals surface area contributed by atoms with E-state index >= 15 is 0 Å². The summed E-state index contributed by atoms with van der Waals surface area (Å²) in [5, 5.41) is 2.14. The Hall–Kier alpha value is -0.340. The summed E-state index contributed by atoms with van der Waals surface area (Å²) in [5.41, 5.74) is 6.18. The number of nitrogens with two attached hydrogens (primary N) is 1. The summed E-state index contributed by atoms with van der Waals surface area (Å²) in [4.78, 5) is 1.43. The monoisotopic (exact) mass is 295 g/mol. The number of unbranched alkanes of at least 4 members (excludes halogenated alkanes) is 9. The van der Waals surface area contributed by atoms with E-state index in [1.807, 2.05) is 11.3 Å². The zero-order valence-electron chi connectivity index (χ0n) is 13.3. The maximum Gasteiger partial charge on any atom is 0.00871 e. The van der Waals surface area contributed by atoms with E-state index in [0.717, 1.165) is 6.42 Å². The van der Waals surface area contributed by atoms with Crippen LogP contribution in [0.25, 0.3) is 0 Å². The Morgan fingerprint density at radius 3 is 2.10 bits per heavy atom. The van der Waals surface area contributed by atoms with Crippen molar-refractivity contribution in [1.29, 1.82) is 0 Å². The minimum absolute atomic E-state index is 0.364. The predicted octanol–water partition coefficient (Wildman–Crippen LogP) is 5.93. The summed E-state index contributed by atoms with van der Waals surface area (Å²) in [6.45, 7) is 2.28. The lowest BCUT2D eigenvalue weighted by molar-refractivity contribution is 0.521. The Bertz CT molecular complexity index is 294. The number of thiophene rings is 1. The summed E-state index contributed by atoms with van der Waals surface area (Å²) in [7, 11) is 0. The number of hydrogen-bond acceptors (Lipinski definition) is 2. The first-order chi connectivity index (χ1) is 9.83. The topological polar surface area (TPSA) is 26.0 Å². The normalized spacial score (nSPS) is 12.7. The van der Waals surface area contributed by atoms with E-state index < -0.39 is 0 Å². The minimum Gasteiger partial charge on any atom is -0.327 e. The van der Waals surface area contributed by atoms with Crippen LogP contribution < -0.4 is 5.73 Å². The summed E-state index contributed by atoms with van der Waals surface area (Å²) < 4.78 is 0. The van der Waals surface area contributed by atoms with Gasteiger partial charge in [0.05, 0.1) is 0 Å². The minimum atomic E-state index is 0.364. The van der Waals surface area contributed by atoms with Gasteiger partial charge in [0, 0.05) is 10.9 Å². The maximum absolute atomic E-state index is 6.18. The molecule has 0 saturated carbocycles. The molecule has 1 atom stereocenters. The molecule has 1 heterocycles.